The standard InChI is InChI=1S/C9H12BrNO2/c1-6-5-8(7(2)13-6)9(12)11-4-3-10/h5H,3-4H2,1-2H3,(H,11,12). The van der Waals surface area contributed by atoms with Gasteiger partial charge in [0.25, 0.3) is 5.91 Å². The first-order valence-electron chi connectivity index (χ1n) is 4.06. The van der Waals surface area contributed by atoms with Crippen molar-refractivity contribution in [2.45, 2.75) is 13.8 Å². The van der Waals surface area contributed by atoms with Crippen LogP contribution in [0.5, 0.6) is 0 Å². The van der Waals surface area contributed by atoms with Crippen molar-refractivity contribution in [2.75, 3.05) is 11.9 Å². The molecule has 3 nitrogen and oxygen atoms in total. The summed E-state index contributed by atoms with van der Waals surface area (Å²) in [5.41, 5.74) is 0.624. The Morgan fingerprint density at radius 2 is 2.31 bits per heavy atom. The van der Waals surface area contributed by atoms with Crippen molar-refractivity contribution in [3.8, 4) is 0 Å². The molecule has 1 aromatic rings. The van der Waals surface area contributed by atoms with Gasteiger partial charge in [0.1, 0.15) is 11.5 Å². The Labute approximate surface area is 85.6 Å². The Balaban J connectivity index is 2.70. The average Bonchev–Trinajstić information content (AvgIpc) is 2.41. The second-order valence-electron chi connectivity index (χ2n) is 2.77. The number of carbonyl (C=O) groups excluding carboxylic acids is 1. The summed E-state index contributed by atoms with van der Waals surface area (Å²) in [4.78, 5) is 11.4. The molecule has 0 bridgehead atoms. The molecule has 1 N–H and O–H groups in total. The molecule has 0 unspecified atom stereocenters. The van der Waals surface area contributed by atoms with Crippen LogP contribution in [0.1, 0.15) is 21.9 Å². The minimum atomic E-state index is -0.0752. The molecule has 1 heterocycles. The summed E-state index contributed by atoms with van der Waals surface area (Å²) in [5, 5.41) is 3.52. The van der Waals surface area contributed by atoms with Gasteiger partial charge in [-0.1, -0.05) is 15.9 Å². The van der Waals surface area contributed by atoms with Crippen LogP contribution in [-0.4, -0.2) is 17.8 Å². The van der Waals surface area contributed by atoms with E-state index < -0.39 is 0 Å². The van der Waals surface area contributed by atoms with Gasteiger partial charge < -0.3 is 9.73 Å². The highest BCUT2D eigenvalue weighted by atomic mass is 79.9. The third-order valence-electron chi connectivity index (χ3n) is 1.67. The van der Waals surface area contributed by atoms with E-state index in [1.807, 2.05) is 6.92 Å². The van der Waals surface area contributed by atoms with E-state index in [9.17, 15) is 4.79 Å². The van der Waals surface area contributed by atoms with Gasteiger partial charge >= 0.3 is 0 Å². The van der Waals surface area contributed by atoms with E-state index in [0.717, 1.165) is 11.1 Å². The van der Waals surface area contributed by atoms with E-state index in [4.69, 9.17) is 4.42 Å². The Bertz CT molecular complexity index is 307. The van der Waals surface area contributed by atoms with Crippen LogP contribution >= 0.6 is 15.9 Å². The van der Waals surface area contributed by atoms with Crippen LogP contribution in [0.4, 0.5) is 0 Å². The maximum atomic E-state index is 11.4. The Morgan fingerprint density at radius 1 is 1.62 bits per heavy atom. The summed E-state index contributed by atoms with van der Waals surface area (Å²) in [7, 11) is 0. The quantitative estimate of drug-likeness (QED) is 0.829. The first kappa shape index (κ1) is 10.3. The number of amides is 1. The molecule has 0 radical (unpaired) electrons. The van der Waals surface area contributed by atoms with Gasteiger partial charge in [-0.2, -0.15) is 0 Å². The molecule has 4 heteroatoms. The number of carbonyl (C=O) groups is 1. The van der Waals surface area contributed by atoms with E-state index in [1.54, 1.807) is 13.0 Å². The topological polar surface area (TPSA) is 42.2 Å². The number of hydrogen-bond donors (Lipinski definition) is 1. The van der Waals surface area contributed by atoms with Crippen LogP contribution in [0.25, 0.3) is 0 Å². The van der Waals surface area contributed by atoms with Crippen LogP contribution < -0.4 is 5.32 Å². The van der Waals surface area contributed by atoms with E-state index in [1.165, 1.54) is 0 Å². The Hall–Kier alpha value is -0.770. The average molecular weight is 246 g/mol. The Kier molecular flexibility index (Phi) is 3.54. The highest BCUT2D eigenvalue weighted by molar-refractivity contribution is 9.09. The third-order valence-corrected chi connectivity index (χ3v) is 2.06. The largest absolute Gasteiger partial charge is 0.466 e. The smallest absolute Gasteiger partial charge is 0.254 e. The van der Waals surface area contributed by atoms with Crippen molar-refractivity contribution in [2.24, 2.45) is 0 Å². The molecule has 1 aromatic heterocycles. The number of hydrogen-bond acceptors (Lipinski definition) is 2. The molecule has 0 aliphatic carbocycles. The zero-order valence-corrected chi connectivity index (χ0v) is 9.27. The number of furan rings is 1. The van der Waals surface area contributed by atoms with Gasteiger partial charge in [0.2, 0.25) is 0 Å². The molecule has 1 rings (SSSR count). The van der Waals surface area contributed by atoms with Crippen molar-refractivity contribution in [3.05, 3.63) is 23.2 Å². The third kappa shape index (κ3) is 2.59. The number of rotatable bonds is 3. The van der Waals surface area contributed by atoms with Crippen LogP contribution in [0, 0.1) is 13.8 Å². The van der Waals surface area contributed by atoms with Gasteiger partial charge in [-0.15, -0.1) is 0 Å². The fourth-order valence-corrected chi connectivity index (χ4v) is 1.31. The minimum Gasteiger partial charge on any atom is -0.466 e. The number of nitrogens with one attached hydrogen (secondary N) is 1. The SMILES string of the molecule is Cc1cc(C(=O)NCCBr)c(C)o1. The van der Waals surface area contributed by atoms with Crippen LogP contribution in [0.2, 0.25) is 0 Å². The fourth-order valence-electron chi connectivity index (χ4n) is 1.11. The fraction of sp³-hybridized carbons (Fsp3) is 0.444. The van der Waals surface area contributed by atoms with Gasteiger partial charge in [-0.25, -0.2) is 0 Å². The molecular weight excluding hydrogens is 234 g/mol. The summed E-state index contributed by atoms with van der Waals surface area (Å²) in [6.07, 6.45) is 0. The molecule has 0 saturated carbocycles. The summed E-state index contributed by atoms with van der Waals surface area (Å²) in [6.45, 7) is 4.24. The van der Waals surface area contributed by atoms with Gasteiger partial charge in [-0.3, -0.25) is 4.79 Å². The van der Waals surface area contributed by atoms with Gasteiger partial charge in [0.15, 0.2) is 0 Å². The van der Waals surface area contributed by atoms with E-state index >= 15 is 0 Å². The lowest BCUT2D eigenvalue weighted by Crippen LogP contribution is -2.25. The lowest BCUT2D eigenvalue weighted by atomic mass is 10.2. The van der Waals surface area contributed by atoms with Crippen LogP contribution in [-0.2, 0) is 0 Å². The predicted octanol–water partition coefficient (Wildman–Crippen LogP) is 2.02. The van der Waals surface area contributed by atoms with Crippen LogP contribution in [0.15, 0.2) is 10.5 Å². The first-order chi connectivity index (χ1) is 6.15. The van der Waals surface area contributed by atoms with E-state index in [0.29, 0.717) is 17.9 Å². The highest BCUT2D eigenvalue weighted by Crippen LogP contribution is 2.12. The summed E-state index contributed by atoms with van der Waals surface area (Å²) >= 11 is 3.24. The Morgan fingerprint density at radius 3 is 2.77 bits per heavy atom. The summed E-state index contributed by atoms with van der Waals surface area (Å²) in [5.74, 6) is 1.36. The maximum absolute atomic E-state index is 11.4. The number of aryl methyl sites for hydroxylation is 2. The number of halogens is 1. The molecule has 0 fully saturated rings. The summed E-state index contributed by atoms with van der Waals surface area (Å²) < 4.78 is 5.24. The van der Waals surface area contributed by atoms with Gasteiger partial charge in [-0.05, 0) is 19.9 Å². The van der Waals surface area contributed by atoms with E-state index in [-0.39, 0.29) is 5.91 Å². The van der Waals surface area contributed by atoms with Crippen molar-refractivity contribution < 1.29 is 9.21 Å². The lowest BCUT2D eigenvalue weighted by Gasteiger charge is -1.99. The second-order valence-corrected chi connectivity index (χ2v) is 3.56. The monoisotopic (exact) mass is 245 g/mol. The molecule has 13 heavy (non-hydrogen) atoms. The van der Waals surface area contributed by atoms with Gasteiger partial charge in [0, 0.05) is 11.9 Å². The molecule has 0 aliphatic rings. The highest BCUT2D eigenvalue weighted by Gasteiger charge is 2.11. The van der Waals surface area contributed by atoms with E-state index in [2.05, 4.69) is 21.2 Å². The molecular formula is C9H12BrNO2. The molecule has 1 amide bonds. The van der Waals surface area contributed by atoms with Crippen molar-refractivity contribution >= 4 is 21.8 Å². The van der Waals surface area contributed by atoms with Crippen molar-refractivity contribution in [1.29, 1.82) is 0 Å². The molecule has 72 valence electrons. The lowest BCUT2D eigenvalue weighted by molar-refractivity contribution is 0.0955. The minimum absolute atomic E-state index is 0.0752. The predicted molar refractivity (Wildman–Crippen MR) is 54.3 cm³/mol. The zero-order chi connectivity index (χ0) is 9.84. The summed E-state index contributed by atoms with van der Waals surface area (Å²) in [6, 6.07) is 1.75. The number of alkyl halides is 1. The molecule has 0 saturated heterocycles. The first-order valence-corrected chi connectivity index (χ1v) is 5.18. The molecule has 0 spiro atoms. The van der Waals surface area contributed by atoms with Crippen molar-refractivity contribution in [3.63, 3.8) is 0 Å². The molecule has 0 aromatic carbocycles. The normalized spacial score (nSPS) is 10.1. The second kappa shape index (κ2) is 4.46. The zero-order valence-electron chi connectivity index (χ0n) is 7.69. The molecule has 0 aliphatic heterocycles. The van der Waals surface area contributed by atoms with Crippen LogP contribution in [0.3, 0.4) is 0 Å². The molecule has 0 atom stereocenters. The maximum Gasteiger partial charge on any atom is 0.254 e. The van der Waals surface area contributed by atoms with Crippen molar-refractivity contribution in [1.82, 2.24) is 5.32 Å². The van der Waals surface area contributed by atoms with Gasteiger partial charge in [0.05, 0.1) is 5.56 Å².